The van der Waals surface area contributed by atoms with E-state index >= 15 is 0 Å². The lowest BCUT2D eigenvalue weighted by Gasteiger charge is -2.15. The van der Waals surface area contributed by atoms with Crippen LogP contribution in [0.4, 0.5) is 0 Å². The lowest BCUT2D eigenvalue weighted by molar-refractivity contribution is 0.297. The van der Waals surface area contributed by atoms with Crippen LogP contribution in [-0.4, -0.2) is 31.2 Å². The van der Waals surface area contributed by atoms with Crippen LogP contribution in [0.15, 0.2) is 36.4 Å². The van der Waals surface area contributed by atoms with Crippen molar-refractivity contribution in [3.05, 3.63) is 58.1 Å². The smallest absolute Gasteiger partial charge is 0.179 e. The molecule has 0 amide bonds. The molecule has 0 atom stereocenters. The second-order valence-electron chi connectivity index (χ2n) is 7.36. The normalized spacial score (nSPS) is 16.5. The lowest BCUT2D eigenvalue weighted by Crippen LogP contribution is -2.18. The molecule has 0 radical (unpaired) electrons. The van der Waals surface area contributed by atoms with Crippen LogP contribution in [0.5, 0.6) is 11.5 Å². The molecule has 2 aromatic rings. The fraction of sp³-hybridized carbons (Fsp3) is 0.455. The molecule has 1 fully saturated rings. The van der Waals surface area contributed by atoms with E-state index in [0.717, 1.165) is 37.4 Å². The minimum absolute atomic E-state index is 0. The fourth-order valence-corrected chi connectivity index (χ4v) is 3.99. The molecule has 4 rings (SSSR count). The van der Waals surface area contributed by atoms with Gasteiger partial charge in [-0.25, -0.2) is 0 Å². The summed E-state index contributed by atoms with van der Waals surface area (Å²) in [4.78, 5) is 2.53. The molecule has 1 N–H and O–H groups in total. The molecule has 28 heavy (non-hydrogen) atoms. The van der Waals surface area contributed by atoms with Crippen molar-refractivity contribution in [1.82, 2.24) is 10.2 Å². The maximum Gasteiger partial charge on any atom is 0.179 e. The van der Waals surface area contributed by atoms with Gasteiger partial charge in [0.15, 0.2) is 11.5 Å². The number of hydrogen-bond donors (Lipinski definition) is 1. The van der Waals surface area contributed by atoms with Gasteiger partial charge in [0.25, 0.3) is 0 Å². The van der Waals surface area contributed by atoms with E-state index in [1.54, 1.807) is 0 Å². The Kier molecular flexibility index (Phi) is 7.86. The van der Waals surface area contributed by atoms with E-state index < -0.39 is 0 Å². The predicted molar refractivity (Wildman–Crippen MR) is 116 cm³/mol. The van der Waals surface area contributed by atoms with Gasteiger partial charge in [0, 0.05) is 26.1 Å². The van der Waals surface area contributed by atoms with Crippen LogP contribution in [-0.2, 0) is 19.6 Å². The van der Waals surface area contributed by atoms with Crippen molar-refractivity contribution in [3.8, 4) is 11.5 Å². The Morgan fingerprint density at radius 2 is 1.54 bits per heavy atom. The Labute approximate surface area is 178 Å². The van der Waals surface area contributed by atoms with Crippen LogP contribution in [0.25, 0.3) is 0 Å². The molecular formula is C22H28Cl2N2O2. The number of nitrogens with zero attached hydrogens (tertiary/aromatic N) is 1. The van der Waals surface area contributed by atoms with Crippen molar-refractivity contribution in [1.29, 1.82) is 0 Å². The molecule has 0 aromatic heterocycles. The second-order valence-corrected chi connectivity index (χ2v) is 7.77. The third kappa shape index (κ3) is 5.54. The van der Waals surface area contributed by atoms with Crippen molar-refractivity contribution in [3.63, 3.8) is 0 Å². The number of fused-ring (bicyclic) bond motifs is 1. The van der Waals surface area contributed by atoms with Crippen molar-refractivity contribution in [2.24, 2.45) is 0 Å². The summed E-state index contributed by atoms with van der Waals surface area (Å²) in [5.41, 5.74) is 3.80. The summed E-state index contributed by atoms with van der Waals surface area (Å²) in [6.07, 6.45) is 3.56. The summed E-state index contributed by atoms with van der Waals surface area (Å²) in [5.74, 6) is 1.43. The van der Waals surface area contributed by atoms with E-state index in [0.29, 0.717) is 24.0 Å². The molecule has 0 unspecified atom stereocenters. The van der Waals surface area contributed by atoms with Crippen molar-refractivity contribution < 1.29 is 9.47 Å². The minimum atomic E-state index is 0. The largest absolute Gasteiger partial charge is 0.489 e. The molecule has 0 bridgehead atoms. The number of nitrogens with one attached hydrogen (secondary N) is 1. The van der Waals surface area contributed by atoms with Crippen LogP contribution >= 0.6 is 24.0 Å². The maximum absolute atomic E-state index is 6.37. The van der Waals surface area contributed by atoms with Crippen molar-refractivity contribution in [2.45, 2.75) is 38.9 Å². The first kappa shape index (κ1) is 21.3. The summed E-state index contributed by atoms with van der Waals surface area (Å²) < 4.78 is 11.4. The quantitative estimate of drug-likeness (QED) is 0.723. The number of benzene rings is 2. The highest BCUT2D eigenvalue weighted by molar-refractivity contribution is 6.32. The zero-order valence-corrected chi connectivity index (χ0v) is 17.7. The zero-order chi connectivity index (χ0) is 18.5. The number of likely N-dealkylation sites (tertiary alicyclic amines) is 1. The Bertz CT molecular complexity index is 762. The summed E-state index contributed by atoms with van der Waals surface area (Å²) in [6.45, 7) is 6.44. The summed E-state index contributed by atoms with van der Waals surface area (Å²) in [6, 6.07) is 12.9. The molecule has 6 heteroatoms. The van der Waals surface area contributed by atoms with Crippen LogP contribution in [0.1, 0.15) is 36.0 Å². The molecule has 4 nitrogen and oxygen atoms in total. The highest BCUT2D eigenvalue weighted by atomic mass is 35.5. The van der Waals surface area contributed by atoms with E-state index in [2.05, 4.69) is 34.5 Å². The van der Waals surface area contributed by atoms with Gasteiger partial charge in [0.1, 0.15) is 0 Å². The molecule has 0 spiro atoms. The standard InChI is InChI=1S/C22H27ClN2O2.ClH/c23-20-12-19(13-21-22(20)27-11-3-10-26-21)15-24-14-17-4-6-18(7-5-17)16-25-8-1-2-9-25;/h4-7,12-13,24H,1-3,8-11,14-16H2;1H. The first-order valence-corrected chi connectivity index (χ1v) is 10.2. The van der Waals surface area contributed by atoms with Crippen LogP contribution in [0.2, 0.25) is 5.02 Å². The third-order valence-corrected chi connectivity index (χ3v) is 5.43. The molecule has 2 aliphatic heterocycles. The average molecular weight is 423 g/mol. The molecular weight excluding hydrogens is 395 g/mol. The fourth-order valence-electron chi connectivity index (χ4n) is 3.70. The predicted octanol–water partition coefficient (Wildman–Crippen LogP) is 4.81. The lowest BCUT2D eigenvalue weighted by atomic mass is 10.1. The third-order valence-electron chi connectivity index (χ3n) is 5.15. The number of rotatable bonds is 6. The average Bonchev–Trinajstić information content (AvgIpc) is 3.06. The Balaban J connectivity index is 0.00000225. The molecule has 2 aliphatic rings. The molecule has 2 aromatic carbocycles. The van der Waals surface area contributed by atoms with Crippen molar-refractivity contribution in [2.75, 3.05) is 26.3 Å². The van der Waals surface area contributed by atoms with Crippen LogP contribution in [0.3, 0.4) is 0 Å². The molecule has 152 valence electrons. The first-order valence-electron chi connectivity index (χ1n) is 9.87. The van der Waals surface area contributed by atoms with Gasteiger partial charge in [0.05, 0.1) is 18.2 Å². The van der Waals surface area contributed by atoms with Gasteiger partial charge >= 0.3 is 0 Å². The highest BCUT2D eigenvalue weighted by Crippen LogP contribution is 2.37. The SMILES string of the molecule is Cl.Clc1cc(CNCc2ccc(CN3CCCC3)cc2)cc2c1OCCCO2. The topological polar surface area (TPSA) is 33.7 Å². The van der Waals surface area contributed by atoms with Gasteiger partial charge in [-0.2, -0.15) is 0 Å². The second kappa shape index (κ2) is 10.4. The summed E-state index contributed by atoms with van der Waals surface area (Å²) in [7, 11) is 0. The van der Waals surface area contributed by atoms with Crippen molar-refractivity contribution >= 4 is 24.0 Å². The molecule has 2 heterocycles. The van der Waals surface area contributed by atoms with Gasteiger partial charge < -0.3 is 14.8 Å². The van der Waals surface area contributed by atoms with Gasteiger partial charge in [-0.15, -0.1) is 12.4 Å². The number of hydrogen-bond acceptors (Lipinski definition) is 4. The minimum Gasteiger partial charge on any atom is -0.489 e. The number of ether oxygens (including phenoxy) is 2. The van der Waals surface area contributed by atoms with Gasteiger partial charge in [0.2, 0.25) is 0 Å². The van der Waals surface area contributed by atoms with E-state index in [-0.39, 0.29) is 12.4 Å². The monoisotopic (exact) mass is 422 g/mol. The Morgan fingerprint density at radius 3 is 2.32 bits per heavy atom. The van der Waals surface area contributed by atoms with Gasteiger partial charge in [-0.05, 0) is 54.8 Å². The van der Waals surface area contributed by atoms with E-state index in [1.807, 2.05) is 12.1 Å². The number of halogens is 2. The zero-order valence-electron chi connectivity index (χ0n) is 16.1. The van der Waals surface area contributed by atoms with E-state index in [1.165, 1.54) is 37.1 Å². The van der Waals surface area contributed by atoms with Crippen LogP contribution < -0.4 is 14.8 Å². The summed E-state index contributed by atoms with van der Waals surface area (Å²) >= 11 is 6.37. The molecule has 0 saturated carbocycles. The highest BCUT2D eigenvalue weighted by Gasteiger charge is 2.15. The molecule has 0 aliphatic carbocycles. The summed E-state index contributed by atoms with van der Waals surface area (Å²) in [5, 5.41) is 4.12. The maximum atomic E-state index is 6.37. The van der Waals surface area contributed by atoms with Gasteiger partial charge in [-0.3, -0.25) is 4.90 Å². The Morgan fingerprint density at radius 1 is 0.857 bits per heavy atom. The van der Waals surface area contributed by atoms with Crippen LogP contribution in [0, 0.1) is 0 Å². The Hall–Kier alpha value is -1.46. The van der Waals surface area contributed by atoms with E-state index in [4.69, 9.17) is 21.1 Å². The molecule has 1 saturated heterocycles. The first-order chi connectivity index (χ1) is 13.3. The van der Waals surface area contributed by atoms with E-state index in [9.17, 15) is 0 Å². The van der Waals surface area contributed by atoms with Gasteiger partial charge in [-0.1, -0.05) is 35.9 Å².